The SMILES string of the molecule is Cc1cc(C)c(C)c(S(=O)(=O)N2CCN(C(=O)c3ccc(-n4cccc4)cc3)CC2)c1C. The standard InChI is InChI=1S/C25H29N3O3S/c1-18-17-19(2)21(4)24(20(18)3)32(30,31)28-15-13-27(14-16-28)25(29)22-7-9-23(10-8-22)26-11-5-6-12-26/h5-12,17H,13-16H2,1-4H3. The number of piperazine rings is 1. The molecule has 168 valence electrons. The number of carbonyl (C=O) groups is 1. The van der Waals surface area contributed by atoms with E-state index < -0.39 is 10.0 Å². The summed E-state index contributed by atoms with van der Waals surface area (Å²) in [6, 6.07) is 13.4. The van der Waals surface area contributed by atoms with Crippen molar-refractivity contribution in [1.29, 1.82) is 0 Å². The van der Waals surface area contributed by atoms with Crippen molar-refractivity contribution in [3.8, 4) is 5.69 Å². The van der Waals surface area contributed by atoms with Crippen molar-refractivity contribution >= 4 is 15.9 Å². The summed E-state index contributed by atoms with van der Waals surface area (Å²) in [5.74, 6) is -0.0696. The summed E-state index contributed by atoms with van der Waals surface area (Å²) in [5, 5.41) is 0. The first-order valence-electron chi connectivity index (χ1n) is 10.8. The van der Waals surface area contributed by atoms with Crippen LogP contribution in [0.25, 0.3) is 5.69 Å². The van der Waals surface area contributed by atoms with Crippen LogP contribution < -0.4 is 0 Å². The third-order valence-electron chi connectivity index (χ3n) is 6.44. The van der Waals surface area contributed by atoms with Gasteiger partial charge in [-0.15, -0.1) is 0 Å². The highest BCUT2D eigenvalue weighted by Gasteiger charge is 2.33. The van der Waals surface area contributed by atoms with Gasteiger partial charge in [0.1, 0.15) is 0 Å². The van der Waals surface area contributed by atoms with Crippen molar-refractivity contribution < 1.29 is 13.2 Å². The summed E-state index contributed by atoms with van der Waals surface area (Å²) in [6.45, 7) is 8.96. The maximum Gasteiger partial charge on any atom is 0.253 e. The molecule has 1 amide bonds. The molecule has 4 rings (SSSR count). The number of amides is 1. The number of rotatable bonds is 4. The fraction of sp³-hybridized carbons (Fsp3) is 0.320. The molecule has 0 spiro atoms. The van der Waals surface area contributed by atoms with Crippen molar-refractivity contribution in [3.63, 3.8) is 0 Å². The van der Waals surface area contributed by atoms with Gasteiger partial charge < -0.3 is 9.47 Å². The molecule has 0 aliphatic carbocycles. The van der Waals surface area contributed by atoms with E-state index in [4.69, 9.17) is 0 Å². The molecule has 1 fully saturated rings. The van der Waals surface area contributed by atoms with E-state index in [-0.39, 0.29) is 5.91 Å². The zero-order chi connectivity index (χ0) is 23.0. The molecule has 0 bridgehead atoms. The number of hydrogen-bond donors (Lipinski definition) is 0. The van der Waals surface area contributed by atoms with E-state index in [1.54, 1.807) is 4.90 Å². The zero-order valence-corrected chi connectivity index (χ0v) is 19.8. The van der Waals surface area contributed by atoms with Gasteiger partial charge in [-0.25, -0.2) is 8.42 Å². The highest BCUT2D eigenvalue weighted by Crippen LogP contribution is 2.29. The maximum atomic E-state index is 13.4. The van der Waals surface area contributed by atoms with Crippen LogP contribution in [0.1, 0.15) is 32.6 Å². The lowest BCUT2D eigenvalue weighted by Crippen LogP contribution is -2.50. The molecule has 0 atom stereocenters. The number of hydrogen-bond acceptors (Lipinski definition) is 3. The van der Waals surface area contributed by atoms with Gasteiger partial charge in [-0.1, -0.05) is 6.07 Å². The lowest BCUT2D eigenvalue weighted by molar-refractivity contribution is 0.0698. The summed E-state index contributed by atoms with van der Waals surface area (Å²) in [6.07, 6.45) is 3.91. The third kappa shape index (κ3) is 3.98. The summed E-state index contributed by atoms with van der Waals surface area (Å²) in [7, 11) is -3.62. The van der Waals surface area contributed by atoms with Gasteiger partial charge in [-0.3, -0.25) is 4.79 Å². The number of aromatic nitrogens is 1. The minimum absolute atomic E-state index is 0.0696. The second-order valence-corrected chi connectivity index (χ2v) is 10.3. The molecule has 0 saturated carbocycles. The Balaban J connectivity index is 1.48. The van der Waals surface area contributed by atoms with Crippen molar-refractivity contribution in [3.05, 3.63) is 82.7 Å². The van der Waals surface area contributed by atoms with Gasteiger partial charge >= 0.3 is 0 Å². The van der Waals surface area contributed by atoms with Crippen LogP contribution in [0.15, 0.2) is 59.8 Å². The predicted molar refractivity (Wildman–Crippen MR) is 126 cm³/mol. The van der Waals surface area contributed by atoms with E-state index in [2.05, 4.69) is 0 Å². The minimum atomic E-state index is -3.62. The van der Waals surface area contributed by atoms with E-state index in [0.29, 0.717) is 36.6 Å². The summed E-state index contributed by atoms with van der Waals surface area (Å²) < 4.78 is 30.4. The number of nitrogens with zero attached hydrogens (tertiary/aromatic N) is 3. The van der Waals surface area contributed by atoms with Crippen molar-refractivity contribution in [2.24, 2.45) is 0 Å². The van der Waals surface area contributed by atoms with Crippen LogP contribution in [-0.4, -0.2) is 54.3 Å². The fourth-order valence-corrected chi connectivity index (χ4v) is 6.29. The van der Waals surface area contributed by atoms with Gasteiger partial charge in [0.05, 0.1) is 4.90 Å². The number of sulfonamides is 1. The maximum absolute atomic E-state index is 13.4. The number of aryl methyl sites for hydroxylation is 2. The van der Waals surface area contributed by atoms with Crippen LogP contribution in [0.5, 0.6) is 0 Å². The Labute approximate surface area is 190 Å². The van der Waals surface area contributed by atoms with Crippen molar-refractivity contribution in [1.82, 2.24) is 13.8 Å². The molecule has 6 nitrogen and oxygen atoms in total. The Morgan fingerprint density at radius 1 is 0.812 bits per heavy atom. The number of carbonyl (C=O) groups excluding carboxylic acids is 1. The molecule has 1 aliphatic heterocycles. The Kier molecular flexibility index (Phi) is 5.97. The van der Waals surface area contributed by atoms with Crippen molar-refractivity contribution in [2.75, 3.05) is 26.2 Å². The highest BCUT2D eigenvalue weighted by molar-refractivity contribution is 7.89. The molecule has 1 aromatic heterocycles. The minimum Gasteiger partial charge on any atom is -0.336 e. The van der Waals surface area contributed by atoms with Crippen molar-refractivity contribution in [2.45, 2.75) is 32.6 Å². The van der Waals surface area contributed by atoms with Crippen LogP contribution in [0.3, 0.4) is 0 Å². The second-order valence-electron chi connectivity index (χ2n) is 8.42. The molecule has 1 saturated heterocycles. The van der Waals surface area contributed by atoms with Gasteiger partial charge in [0.25, 0.3) is 5.91 Å². The smallest absolute Gasteiger partial charge is 0.253 e. The molecule has 1 aliphatic rings. The van der Waals surface area contributed by atoms with Gasteiger partial charge in [0.15, 0.2) is 0 Å². The molecular formula is C25H29N3O3S. The lowest BCUT2D eigenvalue weighted by atomic mass is 10.0. The Morgan fingerprint density at radius 2 is 1.34 bits per heavy atom. The van der Waals surface area contributed by atoms with Crippen LogP contribution >= 0.6 is 0 Å². The topological polar surface area (TPSA) is 62.6 Å². The number of benzene rings is 2. The van der Waals surface area contributed by atoms with Crippen LogP contribution in [-0.2, 0) is 10.0 Å². The average Bonchev–Trinajstić information content (AvgIpc) is 3.32. The molecule has 3 aromatic rings. The average molecular weight is 452 g/mol. The van der Waals surface area contributed by atoms with E-state index in [9.17, 15) is 13.2 Å². The van der Waals surface area contributed by atoms with Crippen LogP contribution in [0.4, 0.5) is 0 Å². The summed E-state index contributed by atoms with van der Waals surface area (Å²) in [4.78, 5) is 15.1. The summed E-state index contributed by atoms with van der Waals surface area (Å²) >= 11 is 0. The molecule has 0 unspecified atom stereocenters. The normalized spacial score (nSPS) is 15.2. The third-order valence-corrected chi connectivity index (χ3v) is 8.61. The Morgan fingerprint density at radius 3 is 1.88 bits per heavy atom. The van der Waals surface area contributed by atoms with Gasteiger partial charge in [0.2, 0.25) is 10.0 Å². The molecule has 32 heavy (non-hydrogen) atoms. The summed E-state index contributed by atoms with van der Waals surface area (Å²) in [5.41, 5.74) is 5.15. The first kappa shape index (κ1) is 22.3. The molecule has 7 heteroatoms. The lowest BCUT2D eigenvalue weighted by Gasteiger charge is -2.35. The first-order chi connectivity index (χ1) is 15.2. The Hall–Kier alpha value is -2.90. The molecule has 2 aromatic carbocycles. The quantitative estimate of drug-likeness (QED) is 0.605. The highest BCUT2D eigenvalue weighted by atomic mass is 32.2. The molecule has 0 radical (unpaired) electrons. The van der Waals surface area contributed by atoms with E-state index in [1.165, 1.54) is 4.31 Å². The van der Waals surface area contributed by atoms with Gasteiger partial charge in [-0.05, 0) is 86.3 Å². The zero-order valence-electron chi connectivity index (χ0n) is 19.0. The molecule has 0 N–H and O–H groups in total. The van der Waals surface area contributed by atoms with E-state index >= 15 is 0 Å². The monoisotopic (exact) mass is 451 g/mol. The molecular weight excluding hydrogens is 422 g/mol. The van der Waals surface area contributed by atoms with Crippen LogP contribution in [0, 0.1) is 27.7 Å². The van der Waals surface area contributed by atoms with E-state index in [0.717, 1.165) is 27.9 Å². The first-order valence-corrected chi connectivity index (χ1v) is 12.2. The van der Waals surface area contributed by atoms with Gasteiger partial charge in [-0.2, -0.15) is 4.31 Å². The van der Waals surface area contributed by atoms with Gasteiger partial charge in [0, 0.05) is 49.8 Å². The molecule has 2 heterocycles. The Bertz CT molecular complexity index is 1210. The van der Waals surface area contributed by atoms with Crippen LogP contribution in [0.2, 0.25) is 0 Å². The van der Waals surface area contributed by atoms with E-state index in [1.807, 2.05) is 87.1 Å². The second kappa shape index (κ2) is 8.56. The largest absolute Gasteiger partial charge is 0.336 e. The predicted octanol–water partition coefficient (Wildman–Crippen LogP) is 3.86. The fourth-order valence-electron chi connectivity index (χ4n) is 4.29.